The molecule has 0 bridgehead atoms. The summed E-state index contributed by atoms with van der Waals surface area (Å²) in [5, 5.41) is 2.52. The van der Waals surface area contributed by atoms with Gasteiger partial charge in [-0.25, -0.2) is 22.9 Å². The van der Waals surface area contributed by atoms with Crippen LogP contribution in [0.15, 0.2) is 42.5 Å². The molecule has 1 aliphatic carbocycles. The highest BCUT2D eigenvalue weighted by Crippen LogP contribution is 2.31. The van der Waals surface area contributed by atoms with Gasteiger partial charge in [0.1, 0.15) is 29.5 Å². The zero-order valence-electron chi connectivity index (χ0n) is 15.8. The topological polar surface area (TPSA) is 53.9 Å². The van der Waals surface area contributed by atoms with E-state index in [0.29, 0.717) is 12.6 Å². The van der Waals surface area contributed by atoms with Crippen molar-refractivity contribution in [2.24, 2.45) is 0 Å². The number of nitrogens with zero attached hydrogens (tertiary/aromatic N) is 1. The number of carbonyl (C=O) groups excluding carboxylic acids is 2. The molecular weight excluding hydrogens is 383 g/mol. The number of imide groups is 1. The van der Waals surface area contributed by atoms with Gasteiger partial charge in [0.25, 0.3) is 5.91 Å². The van der Waals surface area contributed by atoms with Gasteiger partial charge in [-0.1, -0.05) is 12.1 Å². The molecule has 2 aliphatic rings. The standard InChI is InChI=1S/C21H20F3N3O2/c1-21(17-10-15(23)6-9-18(17)24)19(28)27(20(29)25-21)12-26(16-7-8-16)11-13-2-4-14(22)5-3-13/h2-6,9-10,16H,7-8,11-12H2,1H3,(H,25,29)/p+1/t21-/m1/s1. The van der Waals surface area contributed by atoms with Crippen LogP contribution in [0.1, 0.15) is 30.9 Å². The van der Waals surface area contributed by atoms with Gasteiger partial charge in [0.2, 0.25) is 0 Å². The minimum atomic E-state index is -1.67. The van der Waals surface area contributed by atoms with Crippen LogP contribution in [0.25, 0.3) is 0 Å². The molecule has 1 heterocycles. The lowest BCUT2D eigenvalue weighted by Crippen LogP contribution is -3.13. The van der Waals surface area contributed by atoms with Gasteiger partial charge in [-0.2, -0.15) is 0 Å². The van der Waals surface area contributed by atoms with E-state index in [2.05, 4.69) is 5.32 Å². The van der Waals surface area contributed by atoms with Gasteiger partial charge < -0.3 is 10.2 Å². The van der Waals surface area contributed by atoms with Crippen molar-refractivity contribution in [1.82, 2.24) is 10.2 Å². The predicted molar refractivity (Wildman–Crippen MR) is 98.0 cm³/mol. The fraction of sp³-hybridized carbons (Fsp3) is 0.333. The molecule has 152 valence electrons. The first-order valence-corrected chi connectivity index (χ1v) is 9.46. The number of quaternary nitrogens is 1. The lowest BCUT2D eigenvalue weighted by Gasteiger charge is -2.25. The second kappa shape index (κ2) is 7.18. The molecule has 8 heteroatoms. The van der Waals surface area contributed by atoms with E-state index < -0.39 is 29.1 Å². The van der Waals surface area contributed by atoms with Crippen LogP contribution in [0, 0.1) is 17.5 Å². The number of halogens is 3. The highest BCUT2D eigenvalue weighted by Gasteiger charge is 2.52. The fourth-order valence-electron chi connectivity index (χ4n) is 3.79. The number of rotatable bonds is 6. The van der Waals surface area contributed by atoms with Crippen molar-refractivity contribution in [3.63, 3.8) is 0 Å². The summed E-state index contributed by atoms with van der Waals surface area (Å²) >= 11 is 0. The summed E-state index contributed by atoms with van der Waals surface area (Å²) in [6.45, 7) is 1.99. The maximum absolute atomic E-state index is 14.3. The molecule has 1 unspecified atom stereocenters. The van der Waals surface area contributed by atoms with Crippen molar-refractivity contribution in [3.05, 3.63) is 71.0 Å². The van der Waals surface area contributed by atoms with E-state index in [4.69, 9.17) is 0 Å². The normalized spacial score (nSPS) is 22.7. The first kappa shape index (κ1) is 19.4. The van der Waals surface area contributed by atoms with E-state index >= 15 is 0 Å². The molecule has 3 amide bonds. The van der Waals surface area contributed by atoms with E-state index in [9.17, 15) is 22.8 Å². The Morgan fingerprint density at radius 1 is 1.07 bits per heavy atom. The Kier molecular flexibility index (Phi) is 4.82. The average molecular weight is 404 g/mol. The van der Waals surface area contributed by atoms with Crippen LogP contribution < -0.4 is 10.2 Å². The van der Waals surface area contributed by atoms with Crippen molar-refractivity contribution in [1.29, 1.82) is 0 Å². The third-order valence-corrected chi connectivity index (χ3v) is 5.60. The molecule has 2 atom stereocenters. The molecular formula is C21H21F3N3O2+. The lowest BCUT2D eigenvalue weighted by molar-refractivity contribution is -0.931. The zero-order valence-corrected chi connectivity index (χ0v) is 15.8. The summed E-state index contributed by atoms with van der Waals surface area (Å²) in [5.41, 5.74) is -0.988. The Labute approximate surface area is 166 Å². The van der Waals surface area contributed by atoms with Gasteiger partial charge in [0.05, 0.1) is 6.04 Å². The maximum atomic E-state index is 14.3. The highest BCUT2D eigenvalue weighted by molar-refractivity contribution is 6.07. The first-order chi connectivity index (χ1) is 13.8. The molecule has 0 aromatic heterocycles. The van der Waals surface area contributed by atoms with Crippen molar-refractivity contribution >= 4 is 11.9 Å². The SMILES string of the molecule is C[C@]1(c2cc(F)ccc2F)NC(=O)N(C[NH+](Cc2ccc(F)cc2)C2CC2)C1=O. The first-order valence-electron chi connectivity index (χ1n) is 9.46. The average Bonchev–Trinajstić information content (AvgIpc) is 3.50. The summed E-state index contributed by atoms with van der Waals surface area (Å²) in [7, 11) is 0. The van der Waals surface area contributed by atoms with Gasteiger partial charge in [0, 0.05) is 24.0 Å². The van der Waals surface area contributed by atoms with E-state index in [1.807, 2.05) is 0 Å². The molecule has 1 saturated carbocycles. The largest absolute Gasteiger partial charge is 0.329 e. The van der Waals surface area contributed by atoms with Gasteiger partial charge in [-0.05, 0) is 37.3 Å². The fourth-order valence-corrected chi connectivity index (χ4v) is 3.79. The third-order valence-electron chi connectivity index (χ3n) is 5.60. The van der Waals surface area contributed by atoms with E-state index in [1.54, 1.807) is 12.1 Å². The van der Waals surface area contributed by atoms with Crippen LogP contribution in [0.2, 0.25) is 0 Å². The molecule has 5 nitrogen and oxygen atoms in total. The van der Waals surface area contributed by atoms with Crippen molar-refractivity contribution in [2.45, 2.75) is 37.9 Å². The summed E-state index contributed by atoms with van der Waals surface area (Å²) in [6.07, 6.45) is 1.94. The zero-order chi connectivity index (χ0) is 20.8. The van der Waals surface area contributed by atoms with Crippen LogP contribution in [0.4, 0.5) is 18.0 Å². The molecule has 4 rings (SSSR count). The highest BCUT2D eigenvalue weighted by atomic mass is 19.1. The number of amides is 3. The van der Waals surface area contributed by atoms with E-state index in [-0.39, 0.29) is 18.0 Å². The second-order valence-corrected chi connectivity index (χ2v) is 7.81. The Bertz CT molecular complexity index is 962. The summed E-state index contributed by atoms with van der Waals surface area (Å²) in [4.78, 5) is 27.7. The quantitative estimate of drug-likeness (QED) is 0.725. The molecule has 1 saturated heterocycles. The smallest absolute Gasteiger partial charge is 0.319 e. The molecule has 29 heavy (non-hydrogen) atoms. The Morgan fingerprint density at radius 3 is 2.38 bits per heavy atom. The maximum Gasteiger partial charge on any atom is 0.329 e. The number of hydrogen-bond acceptors (Lipinski definition) is 2. The molecule has 1 aliphatic heterocycles. The van der Waals surface area contributed by atoms with Crippen molar-refractivity contribution in [2.75, 3.05) is 6.67 Å². The van der Waals surface area contributed by atoms with Crippen LogP contribution in [0.3, 0.4) is 0 Å². The summed E-state index contributed by atoms with van der Waals surface area (Å²) in [6, 6.07) is 8.58. The Balaban J connectivity index is 1.56. The minimum Gasteiger partial charge on any atom is -0.319 e. The molecule has 2 aromatic rings. The van der Waals surface area contributed by atoms with E-state index in [1.165, 1.54) is 19.1 Å². The van der Waals surface area contributed by atoms with E-state index in [0.717, 1.165) is 46.4 Å². The van der Waals surface area contributed by atoms with Gasteiger partial charge in [-0.3, -0.25) is 4.79 Å². The number of hydrogen-bond donors (Lipinski definition) is 2. The van der Waals surface area contributed by atoms with Crippen LogP contribution in [-0.2, 0) is 16.9 Å². The van der Waals surface area contributed by atoms with Gasteiger partial charge in [-0.15, -0.1) is 0 Å². The monoisotopic (exact) mass is 404 g/mol. The number of benzene rings is 2. The van der Waals surface area contributed by atoms with Crippen LogP contribution >= 0.6 is 0 Å². The minimum absolute atomic E-state index is 0.0965. The van der Waals surface area contributed by atoms with Crippen molar-refractivity contribution in [3.8, 4) is 0 Å². The molecule has 2 N–H and O–H groups in total. The number of carbonyl (C=O) groups is 2. The molecule has 2 aromatic carbocycles. The predicted octanol–water partition coefficient (Wildman–Crippen LogP) is 2.08. The second-order valence-electron chi connectivity index (χ2n) is 7.81. The lowest BCUT2D eigenvalue weighted by atomic mass is 9.91. The summed E-state index contributed by atoms with van der Waals surface area (Å²) in [5.74, 6) is -2.40. The van der Waals surface area contributed by atoms with Crippen LogP contribution in [-0.4, -0.2) is 29.5 Å². The number of nitrogens with one attached hydrogen (secondary N) is 2. The van der Waals surface area contributed by atoms with Gasteiger partial charge in [0.15, 0.2) is 6.67 Å². The third kappa shape index (κ3) is 3.72. The molecule has 0 radical (unpaired) electrons. The number of urea groups is 1. The molecule has 0 spiro atoms. The Morgan fingerprint density at radius 2 is 1.72 bits per heavy atom. The molecule has 2 fully saturated rings. The Hall–Kier alpha value is -2.87. The van der Waals surface area contributed by atoms with Crippen LogP contribution in [0.5, 0.6) is 0 Å². The summed E-state index contributed by atoms with van der Waals surface area (Å²) < 4.78 is 41.1. The van der Waals surface area contributed by atoms with Gasteiger partial charge >= 0.3 is 6.03 Å². The van der Waals surface area contributed by atoms with Crippen molar-refractivity contribution < 1.29 is 27.7 Å².